The molecule has 3 heterocycles. The lowest BCUT2D eigenvalue weighted by Gasteiger charge is -2.38. The SMILES string of the molecule is N#Cc1cccnc1N1CCN([C@H](C(=O)O)c2cn(CC(=O)O)c3ccccc23)CC1. The van der Waals surface area contributed by atoms with Crippen molar-refractivity contribution >= 4 is 28.7 Å². The monoisotopic (exact) mass is 419 g/mol. The number of carboxylic acids is 2. The van der Waals surface area contributed by atoms with Gasteiger partial charge in [-0.25, -0.2) is 4.98 Å². The van der Waals surface area contributed by atoms with Gasteiger partial charge < -0.3 is 19.7 Å². The van der Waals surface area contributed by atoms with Gasteiger partial charge in [0.15, 0.2) is 0 Å². The topological polar surface area (TPSA) is 123 Å². The molecule has 9 heteroatoms. The van der Waals surface area contributed by atoms with Gasteiger partial charge >= 0.3 is 11.9 Å². The van der Waals surface area contributed by atoms with E-state index in [9.17, 15) is 25.1 Å². The summed E-state index contributed by atoms with van der Waals surface area (Å²) >= 11 is 0. The first-order chi connectivity index (χ1) is 15.0. The Balaban J connectivity index is 1.62. The molecule has 0 saturated carbocycles. The van der Waals surface area contributed by atoms with Crippen LogP contribution >= 0.6 is 0 Å². The minimum Gasteiger partial charge on any atom is -0.480 e. The van der Waals surface area contributed by atoms with Gasteiger partial charge in [0.2, 0.25) is 0 Å². The molecule has 0 unspecified atom stereocenters. The lowest BCUT2D eigenvalue weighted by Crippen LogP contribution is -2.49. The number of benzene rings is 1. The van der Waals surface area contributed by atoms with Gasteiger partial charge in [-0.15, -0.1) is 0 Å². The molecule has 1 atom stereocenters. The number of anilines is 1. The summed E-state index contributed by atoms with van der Waals surface area (Å²) in [7, 11) is 0. The molecule has 4 rings (SSSR count). The zero-order valence-corrected chi connectivity index (χ0v) is 16.7. The Morgan fingerprint density at radius 3 is 2.52 bits per heavy atom. The van der Waals surface area contributed by atoms with Gasteiger partial charge in [-0.05, 0) is 18.2 Å². The van der Waals surface area contributed by atoms with E-state index in [1.807, 2.05) is 21.9 Å². The number of para-hydroxylation sites is 1. The highest BCUT2D eigenvalue weighted by molar-refractivity contribution is 5.90. The van der Waals surface area contributed by atoms with Gasteiger partial charge in [0, 0.05) is 55.0 Å². The van der Waals surface area contributed by atoms with Gasteiger partial charge in [-0.2, -0.15) is 5.26 Å². The fourth-order valence-electron chi connectivity index (χ4n) is 4.18. The molecule has 1 saturated heterocycles. The minimum atomic E-state index is -0.989. The summed E-state index contributed by atoms with van der Waals surface area (Å²) in [6, 6.07) is 11.9. The van der Waals surface area contributed by atoms with Gasteiger partial charge in [0.25, 0.3) is 0 Å². The van der Waals surface area contributed by atoms with Crippen LogP contribution in [0.25, 0.3) is 10.9 Å². The van der Waals surface area contributed by atoms with Crippen LogP contribution in [0.15, 0.2) is 48.8 Å². The summed E-state index contributed by atoms with van der Waals surface area (Å²) in [5, 5.41) is 29.3. The quantitative estimate of drug-likeness (QED) is 0.621. The highest BCUT2D eigenvalue weighted by Gasteiger charge is 2.33. The summed E-state index contributed by atoms with van der Waals surface area (Å²) in [6.07, 6.45) is 3.27. The zero-order chi connectivity index (χ0) is 22.0. The van der Waals surface area contributed by atoms with Crippen LogP contribution in [-0.2, 0) is 16.1 Å². The second-order valence-electron chi connectivity index (χ2n) is 7.37. The van der Waals surface area contributed by atoms with E-state index >= 15 is 0 Å². The van der Waals surface area contributed by atoms with E-state index in [1.54, 1.807) is 41.2 Å². The largest absolute Gasteiger partial charge is 0.480 e. The fourth-order valence-corrected chi connectivity index (χ4v) is 4.18. The van der Waals surface area contributed by atoms with Crippen molar-refractivity contribution in [2.75, 3.05) is 31.1 Å². The van der Waals surface area contributed by atoms with Crippen molar-refractivity contribution in [3.63, 3.8) is 0 Å². The number of hydrogen-bond acceptors (Lipinski definition) is 6. The van der Waals surface area contributed by atoms with Crippen LogP contribution in [0.1, 0.15) is 17.2 Å². The third-order valence-corrected chi connectivity index (χ3v) is 5.54. The molecule has 3 aromatic rings. The number of carbonyl (C=O) groups is 2. The van der Waals surface area contributed by atoms with E-state index in [0.717, 1.165) is 5.39 Å². The van der Waals surface area contributed by atoms with Gasteiger partial charge in [-0.3, -0.25) is 14.5 Å². The number of fused-ring (bicyclic) bond motifs is 1. The van der Waals surface area contributed by atoms with Crippen molar-refractivity contribution in [3.8, 4) is 6.07 Å². The normalized spacial score (nSPS) is 15.5. The maximum Gasteiger partial charge on any atom is 0.325 e. The number of carboxylic acid groups (broad SMARTS) is 2. The Morgan fingerprint density at radius 2 is 1.84 bits per heavy atom. The van der Waals surface area contributed by atoms with Crippen LogP contribution in [0, 0.1) is 11.3 Å². The predicted octanol–water partition coefficient (Wildman–Crippen LogP) is 1.94. The Kier molecular flexibility index (Phi) is 5.56. The summed E-state index contributed by atoms with van der Waals surface area (Å²) in [4.78, 5) is 31.7. The van der Waals surface area contributed by atoms with Crippen molar-refractivity contribution in [3.05, 3.63) is 59.9 Å². The van der Waals surface area contributed by atoms with E-state index in [4.69, 9.17) is 0 Å². The van der Waals surface area contributed by atoms with E-state index in [2.05, 4.69) is 11.1 Å². The highest BCUT2D eigenvalue weighted by Crippen LogP contribution is 2.32. The van der Waals surface area contributed by atoms with E-state index in [0.29, 0.717) is 48.6 Å². The smallest absolute Gasteiger partial charge is 0.325 e. The number of hydrogen-bond donors (Lipinski definition) is 2. The van der Waals surface area contributed by atoms with Crippen LogP contribution in [-0.4, -0.2) is 62.8 Å². The molecule has 2 aromatic heterocycles. The molecule has 1 aliphatic heterocycles. The molecular formula is C22H21N5O4. The van der Waals surface area contributed by atoms with Crippen LogP contribution < -0.4 is 4.90 Å². The summed E-state index contributed by atoms with van der Waals surface area (Å²) in [5.74, 6) is -1.37. The molecule has 31 heavy (non-hydrogen) atoms. The number of nitrogens with zero attached hydrogens (tertiary/aromatic N) is 5. The van der Waals surface area contributed by atoms with Crippen molar-refractivity contribution in [2.24, 2.45) is 0 Å². The number of aliphatic carboxylic acids is 2. The van der Waals surface area contributed by atoms with Crippen molar-refractivity contribution in [1.29, 1.82) is 5.26 Å². The van der Waals surface area contributed by atoms with Gasteiger partial charge in [-0.1, -0.05) is 18.2 Å². The third-order valence-electron chi connectivity index (χ3n) is 5.54. The zero-order valence-electron chi connectivity index (χ0n) is 16.7. The van der Waals surface area contributed by atoms with E-state index < -0.39 is 18.0 Å². The van der Waals surface area contributed by atoms with Crippen LogP contribution in [0.2, 0.25) is 0 Å². The van der Waals surface area contributed by atoms with Crippen LogP contribution in [0.4, 0.5) is 5.82 Å². The van der Waals surface area contributed by atoms with Gasteiger partial charge in [0.05, 0.1) is 5.56 Å². The lowest BCUT2D eigenvalue weighted by atomic mass is 10.0. The van der Waals surface area contributed by atoms with Crippen molar-refractivity contribution < 1.29 is 19.8 Å². The van der Waals surface area contributed by atoms with Crippen LogP contribution in [0.3, 0.4) is 0 Å². The first kappa shape index (κ1) is 20.4. The molecule has 0 bridgehead atoms. The average molecular weight is 419 g/mol. The molecule has 1 fully saturated rings. The molecule has 0 amide bonds. The number of rotatable bonds is 6. The second-order valence-corrected chi connectivity index (χ2v) is 7.37. The highest BCUT2D eigenvalue weighted by atomic mass is 16.4. The predicted molar refractivity (Wildman–Crippen MR) is 113 cm³/mol. The lowest BCUT2D eigenvalue weighted by molar-refractivity contribution is -0.143. The Bertz CT molecular complexity index is 1170. The molecule has 0 aliphatic carbocycles. The number of aromatic nitrogens is 2. The average Bonchev–Trinajstić information content (AvgIpc) is 3.11. The Labute approximate surface area is 178 Å². The maximum atomic E-state index is 12.3. The molecule has 1 aliphatic rings. The first-order valence-corrected chi connectivity index (χ1v) is 9.86. The molecule has 0 spiro atoms. The molecule has 2 N–H and O–H groups in total. The summed E-state index contributed by atoms with van der Waals surface area (Å²) < 4.78 is 1.58. The second kappa shape index (κ2) is 8.45. The van der Waals surface area contributed by atoms with Crippen LogP contribution in [0.5, 0.6) is 0 Å². The maximum absolute atomic E-state index is 12.3. The first-order valence-electron chi connectivity index (χ1n) is 9.86. The van der Waals surface area contributed by atoms with Gasteiger partial charge in [0.1, 0.15) is 24.5 Å². The molecule has 9 nitrogen and oxygen atoms in total. The molecular weight excluding hydrogens is 398 g/mol. The standard InChI is InChI=1S/C22H21N5O4/c23-12-15-4-3-7-24-21(15)26-10-8-25(9-11-26)20(22(30)31)17-13-27(14-19(28)29)18-6-2-1-5-16(17)18/h1-7,13,20H,8-11,14H2,(H,28,29)(H,30,31)/t20-/m0/s1. The Morgan fingerprint density at radius 1 is 1.10 bits per heavy atom. The molecule has 1 aromatic carbocycles. The summed E-state index contributed by atoms with van der Waals surface area (Å²) in [5.41, 5.74) is 1.76. The number of pyridine rings is 1. The Hall–Kier alpha value is -3.90. The number of nitriles is 1. The third kappa shape index (κ3) is 3.93. The molecule has 158 valence electrons. The number of piperazine rings is 1. The minimum absolute atomic E-state index is 0.239. The van der Waals surface area contributed by atoms with E-state index in [1.165, 1.54) is 0 Å². The fraction of sp³-hybridized carbons (Fsp3) is 0.273. The van der Waals surface area contributed by atoms with Crippen molar-refractivity contribution in [2.45, 2.75) is 12.6 Å². The van der Waals surface area contributed by atoms with Crippen molar-refractivity contribution in [1.82, 2.24) is 14.5 Å². The molecule has 0 radical (unpaired) electrons. The van der Waals surface area contributed by atoms with E-state index in [-0.39, 0.29) is 6.54 Å². The summed E-state index contributed by atoms with van der Waals surface area (Å²) in [6.45, 7) is 1.76.